The van der Waals surface area contributed by atoms with Crippen LogP contribution in [0.1, 0.15) is 0 Å². The number of rotatable bonds is 3. The molecule has 1 aromatic carbocycles. The van der Waals surface area contributed by atoms with Gasteiger partial charge in [-0.3, -0.25) is 4.98 Å². The lowest BCUT2D eigenvalue weighted by atomic mass is 10.1. The molecule has 21 heavy (non-hydrogen) atoms. The van der Waals surface area contributed by atoms with E-state index in [0.29, 0.717) is 5.56 Å². The van der Waals surface area contributed by atoms with Crippen molar-refractivity contribution in [1.82, 2.24) is 8.96 Å². The average Bonchev–Trinajstić information content (AvgIpc) is 2.91. The van der Waals surface area contributed by atoms with E-state index in [-0.39, 0.29) is 10.6 Å². The van der Waals surface area contributed by atoms with Crippen molar-refractivity contribution in [2.45, 2.75) is 4.90 Å². The highest BCUT2D eigenvalue weighted by Gasteiger charge is 2.23. The molecule has 0 bridgehead atoms. The minimum atomic E-state index is -3.91. The molecule has 0 spiro atoms. The monoisotopic (exact) mass is 301 g/mol. The second-order valence-electron chi connectivity index (χ2n) is 4.29. The molecule has 2 heterocycles. The van der Waals surface area contributed by atoms with Gasteiger partial charge in [-0.05, 0) is 12.1 Å². The van der Waals surface area contributed by atoms with E-state index in [4.69, 9.17) is 0 Å². The van der Waals surface area contributed by atoms with E-state index in [2.05, 4.69) is 11.1 Å². The van der Waals surface area contributed by atoms with E-state index < -0.39 is 15.8 Å². The molecule has 0 atom stereocenters. The summed E-state index contributed by atoms with van der Waals surface area (Å²) in [6.07, 6.45) is 3.78. The Morgan fingerprint density at radius 2 is 1.86 bits per heavy atom. The Morgan fingerprint density at radius 1 is 1.10 bits per heavy atom. The number of benzene rings is 1. The van der Waals surface area contributed by atoms with Crippen LogP contribution in [0, 0.1) is 11.9 Å². The molecule has 105 valence electrons. The van der Waals surface area contributed by atoms with E-state index in [1.165, 1.54) is 24.5 Å². The summed E-state index contributed by atoms with van der Waals surface area (Å²) in [5, 5.41) is 0. The quantitative estimate of drug-likeness (QED) is 0.747. The van der Waals surface area contributed by atoms with Crippen molar-refractivity contribution in [3.8, 4) is 11.3 Å². The standard InChI is InChI=1S/C15H10FN2O2S/c16-14-8-10-18(15(14)12-5-2-1-3-6-12)21(19,20)13-7-4-9-17-11-13/h1-7,9-11H. The zero-order valence-corrected chi connectivity index (χ0v) is 11.6. The van der Waals surface area contributed by atoms with Crippen molar-refractivity contribution in [2.75, 3.05) is 0 Å². The lowest BCUT2D eigenvalue weighted by Gasteiger charge is -2.10. The van der Waals surface area contributed by atoms with Gasteiger partial charge in [0, 0.05) is 30.2 Å². The third-order valence-corrected chi connectivity index (χ3v) is 4.62. The number of halogens is 1. The fourth-order valence-electron chi connectivity index (χ4n) is 2.00. The third-order valence-electron chi connectivity index (χ3n) is 2.98. The van der Waals surface area contributed by atoms with Crippen molar-refractivity contribution < 1.29 is 12.8 Å². The Kier molecular flexibility index (Phi) is 3.31. The normalized spacial score (nSPS) is 11.5. The van der Waals surface area contributed by atoms with Crippen LogP contribution in [0.15, 0.2) is 66.0 Å². The maximum absolute atomic E-state index is 14.0. The lowest BCUT2D eigenvalue weighted by Crippen LogP contribution is -2.13. The lowest BCUT2D eigenvalue weighted by molar-refractivity contribution is 0.585. The number of nitrogens with zero attached hydrogens (tertiary/aromatic N) is 2. The summed E-state index contributed by atoms with van der Waals surface area (Å²) in [4.78, 5) is 3.78. The summed E-state index contributed by atoms with van der Waals surface area (Å²) in [7, 11) is -3.91. The minimum absolute atomic E-state index is 0.00817. The zero-order chi connectivity index (χ0) is 14.9. The van der Waals surface area contributed by atoms with Gasteiger partial charge in [-0.2, -0.15) is 0 Å². The highest BCUT2D eigenvalue weighted by Crippen LogP contribution is 2.27. The van der Waals surface area contributed by atoms with Gasteiger partial charge in [-0.15, -0.1) is 0 Å². The fraction of sp³-hybridized carbons (Fsp3) is 0. The van der Waals surface area contributed by atoms with Gasteiger partial charge in [-0.1, -0.05) is 30.3 Å². The van der Waals surface area contributed by atoms with Gasteiger partial charge >= 0.3 is 0 Å². The summed E-state index contributed by atoms with van der Waals surface area (Å²) in [5.74, 6) is -0.714. The Morgan fingerprint density at radius 3 is 2.52 bits per heavy atom. The predicted molar refractivity (Wildman–Crippen MR) is 75.5 cm³/mol. The van der Waals surface area contributed by atoms with E-state index in [1.807, 2.05) is 0 Å². The molecule has 0 fully saturated rings. The van der Waals surface area contributed by atoms with E-state index in [9.17, 15) is 12.8 Å². The first kappa shape index (κ1) is 13.5. The summed E-state index contributed by atoms with van der Waals surface area (Å²) >= 11 is 0. The molecular weight excluding hydrogens is 291 g/mol. The van der Waals surface area contributed by atoms with Crippen LogP contribution in [-0.4, -0.2) is 17.4 Å². The molecule has 3 rings (SSSR count). The number of pyridine rings is 1. The molecule has 2 aromatic heterocycles. The van der Waals surface area contributed by atoms with Gasteiger partial charge in [0.1, 0.15) is 10.6 Å². The summed E-state index contributed by atoms with van der Waals surface area (Å²) < 4.78 is 40.0. The molecule has 0 aliphatic carbocycles. The first-order chi connectivity index (χ1) is 10.1. The van der Waals surface area contributed by atoms with Crippen LogP contribution in [0.4, 0.5) is 4.39 Å². The third kappa shape index (κ3) is 2.34. The highest BCUT2D eigenvalue weighted by molar-refractivity contribution is 7.90. The van der Waals surface area contributed by atoms with Gasteiger partial charge in [0.2, 0.25) is 0 Å². The van der Waals surface area contributed by atoms with Gasteiger partial charge < -0.3 is 0 Å². The van der Waals surface area contributed by atoms with Crippen LogP contribution in [-0.2, 0) is 10.0 Å². The SMILES string of the molecule is O=S(=O)(c1cccnc1)n1c[c]c(F)c1-c1ccccc1. The summed E-state index contributed by atoms with van der Waals surface area (Å²) in [5.41, 5.74) is 0.420. The maximum Gasteiger partial charge on any atom is 0.269 e. The highest BCUT2D eigenvalue weighted by atomic mass is 32.2. The maximum atomic E-state index is 14.0. The van der Waals surface area contributed by atoms with Gasteiger partial charge in [0.25, 0.3) is 10.0 Å². The second kappa shape index (κ2) is 5.14. The topological polar surface area (TPSA) is 52.0 Å². The van der Waals surface area contributed by atoms with E-state index in [0.717, 1.165) is 10.2 Å². The van der Waals surface area contributed by atoms with Crippen LogP contribution >= 0.6 is 0 Å². The summed E-state index contributed by atoms with van der Waals surface area (Å²) in [6, 6.07) is 13.7. The molecule has 0 saturated carbocycles. The van der Waals surface area contributed by atoms with Crippen LogP contribution in [0.3, 0.4) is 0 Å². The average molecular weight is 301 g/mol. The summed E-state index contributed by atoms with van der Waals surface area (Å²) in [6.45, 7) is 0. The van der Waals surface area contributed by atoms with Crippen molar-refractivity contribution >= 4 is 10.0 Å². The molecule has 3 aromatic rings. The number of aromatic nitrogens is 2. The Bertz CT molecular complexity index is 859. The largest absolute Gasteiger partial charge is 0.269 e. The van der Waals surface area contributed by atoms with Crippen LogP contribution in [0.2, 0.25) is 0 Å². The van der Waals surface area contributed by atoms with E-state index in [1.54, 1.807) is 30.3 Å². The first-order valence-electron chi connectivity index (χ1n) is 6.10. The zero-order valence-electron chi connectivity index (χ0n) is 10.8. The fourth-order valence-corrected chi connectivity index (χ4v) is 3.29. The molecule has 1 radical (unpaired) electrons. The van der Waals surface area contributed by atoms with E-state index >= 15 is 0 Å². The first-order valence-corrected chi connectivity index (χ1v) is 7.54. The van der Waals surface area contributed by atoms with Crippen molar-refractivity contribution in [3.05, 3.63) is 72.9 Å². The van der Waals surface area contributed by atoms with Crippen LogP contribution in [0.25, 0.3) is 11.3 Å². The Balaban J connectivity index is 2.22. The molecule has 0 N–H and O–H groups in total. The van der Waals surface area contributed by atoms with Crippen LogP contribution in [0.5, 0.6) is 0 Å². The molecule has 4 nitrogen and oxygen atoms in total. The molecular formula is C15H10FN2O2S. The van der Waals surface area contributed by atoms with Gasteiger partial charge in [0.15, 0.2) is 5.82 Å². The van der Waals surface area contributed by atoms with Crippen LogP contribution < -0.4 is 0 Å². The minimum Gasteiger partial charge on any atom is -0.263 e. The smallest absolute Gasteiger partial charge is 0.263 e. The molecule has 6 heteroatoms. The molecule has 0 aliphatic heterocycles. The molecule has 0 unspecified atom stereocenters. The van der Waals surface area contributed by atoms with Gasteiger partial charge in [0.05, 0.1) is 0 Å². The number of hydrogen-bond donors (Lipinski definition) is 0. The Hall–Kier alpha value is -2.47. The molecule has 0 aliphatic rings. The predicted octanol–water partition coefficient (Wildman–Crippen LogP) is 2.73. The number of hydrogen-bond acceptors (Lipinski definition) is 3. The van der Waals surface area contributed by atoms with Crippen molar-refractivity contribution in [2.24, 2.45) is 0 Å². The Labute approximate surface area is 121 Å². The van der Waals surface area contributed by atoms with Crippen molar-refractivity contribution in [3.63, 3.8) is 0 Å². The molecule has 0 saturated heterocycles. The van der Waals surface area contributed by atoms with Crippen molar-refractivity contribution in [1.29, 1.82) is 0 Å². The van der Waals surface area contributed by atoms with Gasteiger partial charge in [-0.25, -0.2) is 16.8 Å². The molecule has 0 amide bonds. The second-order valence-corrected chi connectivity index (χ2v) is 6.11.